The Morgan fingerprint density at radius 1 is 0.605 bits per heavy atom. The number of rotatable bonds is 12. The Labute approximate surface area is 222 Å². The van der Waals surface area contributed by atoms with Crippen molar-refractivity contribution in [3.8, 4) is 62.9 Å². The van der Waals surface area contributed by atoms with Crippen molar-refractivity contribution in [2.45, 2.75) is 39.5 Å². The van der Waals surface area contributed by atoms with Crippen LogP contribution in [0.5, 0.6) is 28.7 Å². The summed E-state index contributed by atoms with van der Waals surface area (Å²) in [6.45, 7) is 5.33. The summed E-state index contributed by atoms with van der Waals surface area (Å²) in [6, 6.07) is 17.4. The molecule has 0 aliphatic carbocycles. The van der Waals surface area contributed by atoms with Crippen molar-refractivity contribution in [2.75, 3.05) is 20.3 Å². The van der Waals surface area contributed by atoms with Crippen LogP contribution in [-0.2, 0) is 0 Å². The molecule has 4 rings (SSSR count). The van der Waals surface area contributed by atoms with Gasteiger partial charge in [-0.3, -0.25) is 0 Å². The Morgan fingerprint density at radius 3 is 1.47 bits per heavy atom. The zero-order chi connectivity index (χ0) is 26.9. The van der Waals surface area contributed by atoms with Crippen LogP contribution in [0.15, 0.2) is 60.7 Å². The molecule has 0 atom stereocenters. The summed E-state index contributed by atoms with van der Waals surface area (Å²) >= 11 is 0. The zero-order valence-electron chi connectivity index (χ0n) is 22.0. The highest BCUT2D eigenvalue weighted by Gasteiger charge is 2.17. The summed E-state index contributed by atoms with van der Waals surface area (Å²) in [6.07, 6.45) is 3.89. The summed E-state index contributed by atoms with van der Waals surface area (Å²) in [7, 11) is 1.60. The van der Waals surface area contributed by atoms with E-state index in [-0.39, 0.29) is 23.1 Å². The third-order valence-corrected chi connectivity index (χ3v) is 5.94. The van der Waals surface area contributed by atoms with Gasteiger partial charge in [0.2, 0.25) is 0 Å². The number of nitrogens with zero attached hydrogens (tertiary/aromatic N) is 3. The average molecular weight is 516 g/mol. The van der Waals surface area contributed by atoms with Crippen molar-refractivity contribution in [3.63, 3.8) is 0 Å². The second-order valence-corrected chi connectivity index (χ2v) is 8.80. The molecule has 1 aromatic heterocycles. The molecule has 0 aliphatic rings. The molecule has 198 valence electrons. The molecule has 8 heteroatoms. The Bertz CT molecular complexity index is 1280. The fourth-order valence-corrected chi connectivity index (χ4v) is 3.74. The van der Waals surface area contributed by atoms with Gasteiger partial charge in [0, 0.05) is 17.7 Å². The van der Waals surface area contributed by atoms with E-state index in [1.807, 2.05) is 24.3 Å². The number of benzene rings is 3. The van der Waals surface area contributed by atoms with E-state index in [1.54, 1.807) is 43.5 Å². The predicted octanol–water partition coefficient (Wildman–Crippen LogP) is 6.65. The molecule has 2 N–H and O–H groups in total. The molecule has 0 radical (unpaired) electrons. The van der Waals surface area contributed by atoms with Gasteiger partial charge in [0.05, 0.1) is 31.5 Å². The lowest BCUT2D eigenvalue weighted by atomic mass is 10.1. The van der Waals surface area contributed by atoms with E-state index in [1.165, 1.54) is 0 Å². The molecule has 0 saturated heterocycles. The third-order valence-electron chi connectivity index (χ3n) is 5.94. The summed E-state index contributed by atoms with van der Waals surface area (Å²) in [5, 5.41) is 21.6. The number of aromatic nitrogens is 3. The van der Waals surface area contributed by atoms with E-state index in [0.717, 1.165) is 31.2 Å². The van der Waals surface area contributed by atoms with Gasteiger partial charge in [-0.2, -0.15) is 0 Å². The van der Waals surface area contributed by atoms with Crippen molar-refractivity contribution in [2.24, 2.45) is 0 Å². The van der Waals surface area contributed by atoms with Gasteiger partial charge in [-0.15, -0.1) is 0 Å². The van der Waals surface area contributed by atoms with E-state index >= 15 is 0 Å². The van der Waals surface area contributed by atoms with Gasteiger partial charge in [-0.1, -0.05) is 26.7 Å². The van der Waals surface area contributed by atoms with Crippen LogP contribution in [0.2, 0.25) is 0 Å². The molecule has 0 spiro atoms. The number of methoxy groups -OCH3 is 1. The smallest absolute Gasteiger partial charge is 0.167 e. The summed E-state index contributed by atoms with van der Waals surface area (Å²) in [5.41, 5.74) is 1.57. The number of hydrogen-bond donors (Lipinski definition) is 2. The third kappa shape index (κ3) is 6.51. The van der Waals surface area contributed by atoms with Crippen molar-refractivity contribution in [1.29, 1.82) is 0 Å². The number of phenols is 2. The van der Waals surface area contributed by atoms with Crippen molar-refractivity contribution >= 4 is 0 Å². The highest BCUT2D eigenvalue weighted by atomic mass is 16.5. The summed E-state index contributed by atoms with van der Waals surface area (Å²) in [5.74, 6) is 2.74. The van der Waals surface area contributed by atoms with Crippen LogP contribution in [-0.4, -0.2) is 45.5 Å². The highest BCUT2D eigenvalue weighted by Crippen LogP contribution is 2.35. The molecule has 4 aromatic rings. The second-order valence-electron chi connectivity index (χ2n) is 8.80. The topological polar surface area (TPSA) is 107 Å². The Kier molecular flexibility index (Phi) is 8.98. The molecule has 0 amide bonds. The van der Waals surface area contributed by atoms with Gasteiger partial charge in [-0.05, 0) is 61.4 Å². The Balaban J connectivity index is 1.75. The molecule has 0 fully saturated rings. The number of aromatic hydroxyl groups is 2. The first-order chi connectivity index (χ1) is 18.5. The summed E-state index contributed by atoms with van der Waals surface area (Å²) < 4.78 is 16.7. The number of ether oxygens (including phenoxy) is 3. The lowest BCUT2D eigenvalue weighted by Crippen LogP contribution is -2.01. The minimum absolute atomic E-state index is 0.0132. The van der Waals surface area contributed by atoms with Gasteiger partial charge in [0.25, 0.3) is 0 Å². The van der Waals surface area contributed by atoms with Gasteiger partial charge in [0.1, 0.15) is 28.7 Å². The number of phenolic OH excluding ortho intramolecular Hbond substituents is 2. The fraction of sp³-hybridized carbons (Fsp3) is 0.300. The molecule has 8 nitrogen and oxygen atoms in total. The average Bonchev–Trinajstić information content (AvgIpc) is 2.93. The molecule has 3 aromatic carbocycles. The van der Waals surface area contributed by atoms with Gasteiger partial charge in [-0.25, -0.2) is 15.0 Å². The minimum atomic E-state index is -0.0132. The molecule has 38 heavy (non-hydrogen) atoms. The lowest BCUT2D eigenvalue weighted by molar-refractivity contribution is 0.307. The van der Waals surface area contributed by atoms with Crippen molar-refractivity contribution in [1.82, 2.24) is 15.0 Å². The first-order valence-electron chi connectivity index (χ1n) is 12.8. The van der Waals surface area contributed by atoms with E-state index in [2.05, 4.69) is 28.8 Å². The SMILES string of the molecule is CCCCOc1ccc(-c2nc(-c3ccc(OC)cc3)nc(-c3ccc(OCCCC)cc3O)n2)c(O)c1. The monoisotopic (exact) mass is 515 g/mol. The predicted molar refractivity (Wildman–Crippen MR) is 147 cm³/mol. The van der Waals surface area contributed by atoms with Crippen LogP contribution in [0.25, 0.3) is 34.2 Å². The van der Waals surface area contributed by atoms with Gasteiger partial charge < -0.3 is 24.4 Å². The molecule has 0 saturated carbocycles. The molecule has 0 unspecified atom stereocenters. The maximum absolute atomic E-state index is 10.8. The maximum Gasteiger partial charge on any atom is 0.167 e. The van der Waals surface area contributed by atoms with E-state index in [9.17, 15) is 10.2 Å². The number of hydrogen-bond acceptors (Lipinski definition) is 8. The quantitative estimate of drug-likeness (QED) is 0.202. The normalized spacial score (nSPS) is 10.8. The molecule has 0 aliphatic heterocycles. The standard InChI is InChI=1S/C30H33N3O5/c1-4-6-16-37-22-12-14-24(26(34)18-22)29-31-28(20-8-10-21(36-3)11-9-20)32-30(33-29)25-15-13-23(19-27(25)35)38-17-7-5-2/h8-15,18-19,34-35H,4-7,16-17H2,1-3H3. The van der Waals surface area contributed by atoms with E-state index < -0.39 is 0 Å². The maximum atomic E-state index is 10.8. The number of unbranched alkanes of at least 4 members (excludes halogenated alkanes) is 2. The lowest BCUT2D eigenvalue weighted by Gasteiger charge is -2.12. The molecule has 0 bridgehead atoms. The van der Waals surface area contributed by atoms with E-state index in [4.69, 9.17) is 14.2 Å². The summed E-state index contributed by atoms with van der Waals surface area (Å²) in [4.78, 5) is 13.9. The molecular weight excluding hydrogens is 482 g/mol. The molecule has 1 heterocycles. The van der Waals surface area contributed by atoms with Crippen LogP contribution in [0.3, 0.4) is 0 Å². The van der Waals surface area contributed by atoms with Gasteiger partial charge in [0.15, 0.2) is 17.5 Å². The van der Waals surface area contributed by atoms with Crippen molar-refractivity contribution in [3.05, 3.63) is 60.7 Å². The van der Waals surface area contributed by atoms with Crippen LogP contribution in [0.1, 0.15) is 39.5 Å². The Hall–Kier alpha value is -4.33. The zero-order valence-corrected chi connectivity index (χ0v) is 22.0. The van der Waals surface area contributed by atoms with Crippen LogP contribution < -0.4 is 14.2 Å². The largest absolute Gasteiger partial charge is 0.507 e. The highest BCUT2D eigenvalue weighted by molar-refractivity contribution is 5.72. The second kappa shape index (κ2) is 12.8. The van der Waals surface area contributed by atoms with Crippen LogP contribution >= 0.6 is 0 Å². The van der Waals surface area contributed by atoms with Crippen LogP contribution in [0, 0.1) is 0 Å². The Morgan fingerprint density at radius 2 is 1.05 bits per heavy atom. The molecular formula is C30H33N3O5. The first-order valence-corrected chi connectivity index (χ1v) is 12.8. The minimum Gasteiger partial charge on any atom is -0.507 e. The van der Waals surface area contributed by atoms with Gasteiger partial charge >= 0.3 is 0 Å². The fourth-order valence-electron chi connectivity index (χ4n) is 3.74. The first kappa shape index (κ1) is 26.7. The van der Waals surface area contributed by atoms with Crippen LogP contribution in [0.4, 0.5) is 0 Å². The van der Waals surface area contributed by atoms with Crippen molar-refractivity contribution < 1.29 is 24.4 Å². The van der Waals surface area contributed by atoms with E-state index in [0.29, 0.717) is 47.4 Å².